The Morgan fingerprint density at radius 3 is 2.82 bits per heavy atom. The van der Waals surface area contributed by atoms with Crippen LogP contribution in [0.15, 0.2) is 39.9 Å². The van der Waals surface area contributed by atoms with Crippen LogP contribution >= 0.6 is 23.1 Å². The molecule has 0 N–H and O–H groups in total. The summed E-state index contributed by atoms with van der Waals surface area (Å²) < 4.78 is 14.8. The first-order valence-corrected chi connectivity index (χ1v) is 6.63. The first-order chi connectivity index (χ1) is 8.18. The number of hydrogen-bond donors (Lipinski definition) is 0. The van der Waals surface area contributed by atoms with Gasteiger partial charge < -0.3 is 0 Å². The maximum Gasteiger partial charge on any atom is 0.305 e. The zero-order valence-corrected chi connectivity index (χ0v) is 10.3. The average Bonchev–Trinajstić information content (AvgIpc) is 2.80. The summed E-state index contributed by atoms with van der Waals surface area (Å²) in [7, 11) is 0. The molecule has 0 saturated carbocycles. The smallest absolute Gasteiger partial charge is 0.258 e. The highest BCUT2D eigenvalue weighted by atomic mass is 32.2. The monoisotopic (exact) mass is 269 g/mol. The molecule has 0 bridgehead atoms. The van der Waals surface area contributed by atoms with Gasteiger partial charge in [-0.2, -0.15) is 4.39 Å². The van der Waals surface area contributed by atoms with E-state index in [0.717, 1.165) is 4.21 Å². The predicted octanol–water partition coefficient (Wildman–Crippen LogP) is 4.09. The summed E-state index contributed by atoms with van der Waals surface area (Å²) in [6, 6.07) is 8.10. The van der Waals surface area contributed by atoms with Crippen molar-refractivity contribution in [3.63, 3.8) is 0 Å². The molecule has 0 atom stereocenters. The van der Waals surface area contributed by atoms with Gasteiger partial charge in [0.1, 0.15) is 0 Å². The third kappa shape index (κ3) is 2.83. The van der Waals surface area contributed by atoms with Crippen molar-refractivity contribution in [1.29, 1.82) is 0 Å². The van der Waals surface area contributed by atoms with Gasteiger partial charge >= 0.3 is 5.69 Å². The van der Waals surface area contributed by atoms with Gasteiger partial charge in [0.25, 0.3) is 0 Å². The van der Waals surface area contributed by atoms with E-state index in [2.05, 4.69) is 0 Å². The van der Waals surface area contributed by atoms with Crippen molar-refractivity contribution in [2.24, 2.45) is 0 Å². The van der Waals surface area contributed by atoms with Crippen LogP contribution < -0.4 is 0 Å². The Balaban J connectivity index is 2.16. The third-order valence-electron chi connectivity index (χ3n) is 2.12. The highest BCUT2D eigenvalue weighted by Crippen LogP contribution is 2.29. The molecule has 0 aliphatic heterocycles. The van der Waals surface area contributed by atoms with Crippen LogP contribution in [-0.2, 0) is 5.75 Å². The summed E-state index contributed by atoms with van der Waals surface area (Å²) in [5.74, 6) is -0.338. The van der Waals surface area contributed by atoms with E-state index in [-0.39, 0.29) is 0 Å². The van der Waals surface area contributed by atoms with Gasteiger partial charge in [-0.15, -0.1) is 23.1 Å². The number of nitro benzene ring substituents is 1. The maximum atomic E-state index is 13.7. The molecule has 0 radical (unpaired) electrons. The lowest BCUT2D eigenvalue weighted by Crippen LogP contribution is -1.96. The fraction of sp³-hybridized carbons (Fsp3) is 0.0909. The van der Waals surface area contributed by atoms with Crippen LogP contribution in [0.3, 0.4) is 0 Å². The second-order valence-corrected chi connectivity index (χ2v) is 5.45. The quantitative estimate of drug-likeness (QED) is 0.477. The van der Waals surface area contributed by atoms with Gasteiger partial charge in [-0.3, -0.25) is 10.1 Å². The summed E-state index contributed by atoms with van der Waals surface area (Å²) in [6.45, 7) is 0. The predicted molar refractivity (Wildman–Crippen MR) is 66.9 cm³/mol. The van der Waals surface area contributed by atoms with E-state index in [9.17, 15) is 14.5 Å². The van der Waals surface area contributed by atoms with Crippen LogP contribution in [0.2, 0.25) is 0 Å². The molecular weight excluding hydrogens is 261 g/mol. The molecule has 1 heterocycles. The topological polar surface area (TPSA) is 43.1 Å². The standard InChI is InChI=1S/C11H8FNO2S2/c12-11-8(3-1-4-9(11)13(14)15)7-17-10-5-2-6-16-10/h1-6H,7H2. The van der Waals surface area contributed by atoms with Gasteiger partial charge in [0, 0.05) is 17.4 Å². The molecule has 0 aliphatic rings. The highest BCUT2D eigenvalue weighted by molar-refractivity contribution is 8.00. The summed E-state index contributed by atoms with van der Waals surface area (Å²) in [6.07, 6.45) is 0. The fourth-order valence-electron chi connectivity index (χ4n) is 1.31. The molecule has 0 fully saturated rings. The first-order valence-electron chi connectivity index (χ1n) is 4.76. The number of thioether (sulfide) groups is 1. The Labute approximate surface area is 105 Å². The second-order valence-electron chi connectivity index (χ2n) is 3.23. The molecule has 2 aromatic rings. The van der Waals surface area contributed by atoms with Crippen LogP contribution in [-0.4, -0.2) is 4.92 Å². The van der Waals surface area contributed by atoms with Gasteiger partial charge in [0.15, 0.2) is 0 Å². The number of rotatable bonds is 4. The van der Waals surface area contributed by atoms with Crippen molar-refractivity contribution in [1.82, 2.24) is 0 Å². The molecule has 0 aliphatic carbocycles. The van der Waals surface area contributed by atoms with Crippen LogP contribution in [0.4, 0.5) is 10.1 Å². The third-order valence-corrected chi connectivity index (χ3v) is 4.30. The summed E-state index contributed by atoms with van der Waals surface area (Å²) in [5.41, 5.74) is -0.105. The van der Waals surface area contributed by atoms with E-state index in [4.69, 9.17) is 0 Å². The number of nitro groups is 1. The molecule has 6 heteroatoms. The summed E-state index contributed by atoms with van der Waals surface area (Å²) in [5, 5.41) is 12.5. The molecule has 0 amide bonds. The Bertz CT molecular complexity index is 528. The number of benzene rings is 1. The molecule has 0 spiro atoms. The zero-order chi connectivity index (χ0) is 12.3. The average molecular weight is 269 g/mol. The Hall–Kier alpha value is -1.40. The van der Waals surface area contributed by atoms with Gasteiger partial charge in [-0.05, 0) is 11.4 Å². The van der Waals surface area contributed by atoms with Gasteiger partial charge in [0.2, 0.25) is 5.82 Å². The molecule has 88 valence electrons. The number of nitrogens with zero attached hydrogens (tertiary/aromatic N) is 1. The number of thiophene rings is 1. The van der Waals surface area contributed by atoms with E-state index >= 15 is 0 Å². The van der Waals surface area contributed by atoms with Crippen molar-refractivity contribution >= 4 is 28.8 Å². The van der Waals surface area contributed by atoms with Crippen molar-refractivity contribution < 1.29 is 9.31 Å². The molecule has 2 rings (SSSR count). The molecule has 0 saturated heterocycles. The maximum absolute atomic E-state index is 13.7. The van der Waals surface area contributed by atoms with Gasteiger partial charge in [0.05, 0.1) is 9.13 Å². The number of halogens is 1. The van der Waals surface area contributed by atoms with Crippen LogP contribution in [0, 0.1) is 15.9 Å². The highest BCUT2D eigenvalue weighted by Gasteiger charge is 2.16. The lowest BCUT2D eigenvalue weighted by Gasteiger charge is -2.02. The van der Waals surface area contributed by atoms with E-state index in [0.29, 0.717) is 11.3 Å². The number of hydrogen-bond acceptors (Lipinski definition) is 4. The SMILES string of the molecule is O=[N+]([O-])c1cccc(CSc2cccs2)c1F. The Morgan fingerprint density at radius 1 is 1.35 bits per heavy atom. The fourth-order valence-corrected chi connectivity index (χ4v) is 3.07. The lowest BCUT2D eigenvalue weighted by atomic mass is 10.2. The first kappa shape index (κ1) is 12.1. The molecule has 1 aromatic heterocycles. The molecule has 0 unspecified atom stereocenters. The van der Waals surface area contributed by atoms with Crippen molar-refractivity contribution in [3.8, 4) is 0 Å². The minimum atomic E-state index is -0.735. The molecular formula is C11H8FNO2S2. The molecule has 17 heavy (non-hydrogen) atoms. The molecule has 3 nitrogen and oxygen atoms in total. The van der Waals surface area contributed by atoms with E-state index < -0.39 is 16.4 Å². The van der Waals surface area contributed by atoms with Crippen LogP contribution in [0.5, 0.6) is 0 Å². The van der Waals surface area contributed by atoms with Gasteiger partial charge in [-0.1, -0.05) is 18.2 Å². The second kappa shape index (κ2) is 5.29. The Kier molecular flexibility index (Phi) is 3.75. The minimum absolute atomic E-state index is 0.359. The van der Waals surface area contributed by atoms with Gasteiger partial charge in [-0.25, -0.2) is 0 Å². The van der Waals surface area contributed by atoms with Crippen molar-refractivity contribution in [2.75, 3.05) is 0 Å². The largest absolute Gasteiger partial charge is 0.305 e. The lowest BCUT2D eigenvalue weighted by molar-refractivity contribution is -0.387. The van der Waals surface area contributed by atoms with Crippen molar-refractivity contribution in [2.45, 2.75) is 9.96 Å². The minimum Gasteiger partial charge on any atom is -0.258 e. The van der Waals surface area contributed by atoms with E-state index in [1.807, 2.05) is 17.5 Å². The van der Waals surface area contributed by atoms with E-state index in [1.54, 1.807) is 17.4 Å². The van der Waals surface area contributed by atoms with Crippen molar-refractivity contribution in [3.05, 3.63) is 57.2 Å². The normalized spacial score (nSPS) is 10.4. The van der Waals surface area contributed by atoms with E-state index in [1.165, 1.54) is 23.9 Å². The zero-order valence-electron chi connectivity index (χ0n) is 8.63. The summed E-state index contributed by atoms with van der Waals surface area (Å²) in [4.78, 5) is 9.87. The molecule has 1 aromatic carbocycles. The van der Waals surface area contributed by atoms with Crippen LogP contribution in [0.1, 0.15) is 5.56 Å². The summed E-state index contributed by atoms with van der Waals surface area (Å²) >= 11 is 3.04. The Morgan fingerprint density at radius 2 is 2.18 bits per heavy atom. The van der Waals surface area contributed by atoms with Crippen LogP contribution in [0.25, 0.3) is 0 Å².